The fourth-order valence-corrected chi connectivity index (χ4v) is 3.07. The summed E-state index contributed by atoms with van der Waals surface area (Å²) in [6.07, 6.45) is 1.78. The Morgan fingerprint density at radius 1 is 1.18 bits per heavy atom. The zero-order chi connectivity index (χ0) is 19.7. The van der Waals surface area contributed by atoms with E-state index in [1.165, 1.54) is 12.1 Å². The maximum Gasteiger partial charge on any atom is 0.337 e. The minimum Gasteiger partial charge on any atom is -0.478 e. The first-order valence-electron chi connectivity index (χ1n) is 8.21. The lowest BCUT2D eigenvalue weighted by Crippen LogP contribution is -1.99. The molecule has 0 amide bonds. The molecule has 2 aromatic heterocycles. The third-order valence-corrected chi connectivity index (χ3v) is 4.46. The maximum absolute atomic E-state index is 11.1. The molecule has 4 aromatic rings. The van der Waals surface area contributed by atoms with E-state index in [0.717, 1.165) is 11.1 Å². The number of aromatic nitrogens is 3. The molecular weight excluding hydrogens is 378 g/mol. The van der Waals surface area contributed by atoms with Gasteiger partial charge in [0.15, 0.2) is 5.65 Å². The van der Waals surface area contributed by atoms with Crippen LogP contribution in [0, 0.1) is 11.3 Å². The Balaban J connectivity index is 1.69. The second-order valence-electron chi connectivity index (χ2n) is 5.94. The highest BCUT2D eigenvalue weighted by Crippen LogP contribution is 2.26. The van der Waals surface area contributed by atoms with Crippen molar-refractivity contribution in [1.82, 2.24) is 14.6 Å². The van der Waals surface area contributed by atoms with E-state index in [1.54, 1.807) is 28.9 Å². The Labute approximate surface area is 164 Å². The van der Waals surface area contributed by atoms with Gasteiger partial charge in [0, 0.05) is 17.4 Å². The van der Waals surface area contributed by atoms with Gasteiger partial charge in [0.05, 0.1) is 22.2 Å². The number of carboxylic acid groups (broad SMARTS) is 1. The van der Waals surface area contributed by atoms with E-state index in [4.69, 9.17) is 22.0 Å². The lowest BCUT2D eigenvalue weighted by atomic mass is 10.1. The number of fused-ring (bicyclic) bond motifs is 1. The van der Waals surface area contributed by atoms with Crippen LogP contribution in [0.4, 0.5) is 11.6 Å². The molecule has 8 heteroatoms. The Hall–Kier alpha value is -3.89. The Kier molecular flexibility index (Phi) is 4.39. The predicted octanol–water partition coefficient (Wildman–Crippen LogP) is 4.36. The summed E-state index contributed by atoms with van der Waals surface area (Å²) in [5.74, 6) is -0.741. The van der Waals surface area contributed by atoms with Crippen LogP contribution in [-0.2, 0) is 0 Å². The Bertz CT molecular complexity index is 1240. The van der Waals surface area contributed by atoms with Crippen molar-refractivity contribution in [3.63, 3.8) is 0 Å². The molecular formula is C20H12ClN5O2. The molecule has 0 atom stereocenters. The van der Waals surface area contributed by atoms with E-state index < -0.39 is 5.97 Å². The van der Waals surface area contributed by atoms with Crippen molar-refractivity contribution in [3.8, 4) is 17.2 Å². The summed E-state index contributed by atoms with van der Waals surface area (Å²) in [5.41, 5.74) is 3.61. The topological polar surface area (TPSA) is 103 Å². The molecule has 4 rings (SSSR count). The van der Waals surface area contributed by atoms with Crippen molar-refractivity contribution in [2.45, 2.75) is 0 Å². The number of anilines is 2. The molecule has 0 aliphatic rings. The summed E-state index contributed by atoms with van der Waals surface area (Å²) in [6.45, 7) is 0. The number of aromatic carboxylic acids is 1. The molecule has 0 bridgehead atoms. The molecule has 0 aliphatic carbocycles. The van der Waals surface area contributed by atoms with Gasteiger partial charge < -0.3 is 10.4 Å². The number of hydrogen-bond acceptors (Lipinski definition) is 5. The Morgan fingerprint density at radius 3 is 2.64 bits per heavy atom. The highest BCUT2D eigenvalue weighted by Gasteiger charge is 2.12. The van der Waals surface area contributed by atoms with Gasteiger partial charge >= 0.3 is 5.97 Å². The van der Waals surface area contributed by atoms with Gasteiger partial charge in [-0.05, 0) is 48.0 Å². The molecule has 2 aromatic carbocycles. The third-order valence-electron chi connectivity index (χ3n) is 4.14. The van der Waals surface area contributed by atoms with Crippen LogP contribution in [-0.4, -0.2) is 25.7 Å². The third kappa shape index (κ3) is 3.24. The summed E-state index contributed by atoms with van der Waals surface area (Å²) in [5, 5.41) is 25.6. The summed E-state index contributed by atoms with van der Waals surface area (Å²) in [4.78, 5) is 15.6. The molecule has 28 heavy (non-hydrogen) atoms. The number of pyridine rings is 1. The highest BCUT2D eigenvalue weighted by atomic mass is 35.5. The van der Waals surface area contributed by atoms with Crippen molar-refractivity contribution in [2.24, 2.45) is 0 Å². The van der Waals surface area contributed by atoms with Gasteiger partial charge in [-0.1, -0.05) is 23.7 Å². The molecule has 0 saturated carbocycles. The number of hydrogen-bond donors (Lipinski definition) is 2. The maximum atomic E-state index is 11.1. The van der Waals surface area contributed by atoms with Crippen LogP contribution in [0.3, 0.4) is 0 Å². The van der Waals surface area contributed by atoms with E-state index >= 15 is 0 Å². The van der Waals surface area contributed by atoms with Crippen molar-refractivity contribution in [3.05, 3.63) is 76.9 Å². The smallest absolute Gasteiger partial charge is 0.337 e. The second-order valence-corrected chi connectivity index (χ2v) is 6.35. The molecule has 2 N–H and O–H groups in total. The fourth-order valence-electron chi connectivity index (χ4n) is 2.80. The SMILES string of the molecule is N#Cc1ccc(-c2cccn3nc(Nc4ccc(C(=O)O)c(Cl)c4)nc23)cc1. The first-order valence-corrected chi connectivity index (χ1v) is 8.59. The van der Waals surface area contributed by atoms with Crippen LogP contribution in [0.2, 0.25) is 5.02 Å². The Morgan fingerprint density at radius 2 is 1.96 bits per heavy atom. The number of nitriles is 1. The summed E-state index contributed by atoms with van der Waals surface area (Å²) in [7, 11) is 0. The van der Waals surface area contributed by atoms with Crippen LogP contribution in [0.1, 0.15) is 15.9 Å². The van der Waals surface area contributed by atoms with Crippen LogP contribution >= 0.6 is 11.6 Å². The van der Waals surface area contributed by atoms with E-state index in [-0.39, 0.29) is 10.6 Å². The molecule has 0 fully saturated rings. The number of rotatable bonds is 4. The molecule has 7 nitrogen and oxygen atoms in total. The lowest BCUT2D eigenvalue weighted by molar-refractivity contribution is 0.0697. The van der Waals surface area contributed by atoms with Gasteiger partial charge in [0.2, 0.25) is 5.95 Å². The van der Waals surface area contributed by atoms with Gasteiger partial charge in [0.25, 0.3) is 0 Å². The number of halogens is 1. The monoisotopic (exact) mass is 389 g/mol. The van der Waals surface area contributed by atoms with Gasteiger partial charge in [-0.25, -0.2) is 9.31 Å². The van der Waals surface area contributed by atoms with Crippen LogP contribution < -0.4 is 5.32 Å². The molecule has 0 unspecified atom stereocenters. The molecule has 0 radical (unpaired) electrons. The number of carboxylic acids is 1. The molecule has 2 heterocycles. The van der Waals surface area contributed by atoms with Gasteiger partial charge in [-0.2, -0.15) is 10.2 Å². The summed E-state index contributed by atoms with van der Waals surface area (Å²) < 4.78 is 1.64. The van der Waals surface area contributed by atoms with Crippen molar-refractivity contribution >= 4 is 34.9 Å². The number of benzene rings is 2. The normalized spacial score (nSPS) is 10.6. The van der Waals surface area contributed by atoms with Crippen molar-refractivity contribution < 1.29 is 9.90 Å². The van der Waals surface area contributed by atoms with Gasteiger partial charge in [0.1, 0.15) is 0 Å². The highest BCUT2D eigenvalue weighted by molar-refractivity contribution is 6.33. The molecule has 0 spiro atoms. The minimum absolute atomic E-state index is 0.0262. The zero-order valence-corrected chi connectivity index (χ0v) is 15.1. The van der Waals surface area contributed by atoms with Crippen LogP contribution in [0.15, 0.2) is 60.8 Å². The zero-order valence-electron chi connectivity index (χ0n) is 14.3. The summed E-state index contributed by atoms with van der Waals surface area (Å²) >= 11 is 6.01. The number of nitrogens with one attached hydrogen (secondary N) is 1. The van der Waals surface area contributed by atoms with Gasteiger partial charge in [-0.15, -0.1) is 5.10 Å². The van der Waals surface area contributed by atoms with Crippen molar-refractivity contribution in [2.75, 3.05) is 5.32 Å². The van der Waals surface area contributed by atoms with Crippen molar-refractivity contribution in [1.29, 1.82) is 5.26 Å². The average Bonchev–Trinajstić information content (AvgIpc) is 3.10. The quantitative estimate of drug-likeness (QED) is 0.537. The van der Waals surface area contributed by atoms with Gasteiger partial charge in [-0.3, -0.25) is 0 Å². The molecule has 0 aliphatic heterocycles. The van der Waals surface area contributed by atoms with Crippen LogP contribution in [0.5, 0.6) is 0 Å². The summed E-state index contributed by atoms with van der Waals surface area (Å²) in [6, 6.07) is 17.6. The molecule has 136 valence electrons. The second kappa shape index (κ2) is 7.02. The first kappa shape index (κ1) is 17.5. The van der Waals surface area contributed by atoms with E-state index in [0.29, 0.717) is 22.8 Å². The van der Waals surface area contributed by atoms with E-state index in [9.17, 15) is 4.79 Å². The minimum atomic E-state index is -1.09. The van der Waals surface area contributed by atoms with E-state index in [2.05, 4.69) is 21.5 Å². The fraction of sp³-hybridized carbons (Fsp3) is 0. The lowest BCUT2D eigenvalue weighted by Gasteiger charge is -2.04. The average molecular weight is 390 g/mol. The molecule has 0 saturated heterocycles. The first-order chi connectivity index (χ1) is 13.5. The largest absolute Gasteiger partial charge is 0.478 e. The standard InChI is InChI=1S/C20H12ClN5O2/c21-17-10-14(7-8-16(17)19(27)28)23-20-24-18-15(2-1-9-26(18)25-20)13-5-3-12(11-22)4-6-13/h1-10H,(H,23,25)(H,27,28). The number of carbonyl (C=O) groups is 1. The number of nitrogens with zero attached hydrogens (tertiary/aromatic N) is 4. The van der Waals surface area contributed by atoms with E-state index in [1.807, 2.05) is 24.3 Å². The van der Waals surface area contributed by atoms with Crippen LogP contribution in [0.25, 0.3) is 16.8 Å². The predicted molar refractivity (Wildman–Crippen MR) is 105 cm³/mol.